The van der Waals surface area contributed by atoms with E-state index in [0.717, 1.165) is 12.0 Å². The summed E-state index contributed by atoms with van der Waals surface area (Å²) in [6, 6.07) is 4.62. The first-order valence-corrected chi connectivity index (χ1v) is 9.46. The van der Waals surface area contributed by atoms with E-state index in [9.17, 15) is 13.2 Å². The van der Waals surface area contributed by atoms with Crippen molar-refractivity contribution in [2.45, 2.75) is 18.2 Å². The highest BCUT2D eigenvalue weighted by Crippen LogP contribution is 2.21. The van der Waals surface area contributed by atoms with Gasteiger partial charge in [0.15, 0.2) is 0 Å². The first kappa shape index (κ1) is 18.9. The van der Waals surface area contributed by atoms with Gasteiger partial charge in [-0.15, -0.1) is 0 Å². The predicted molar refractivity (Wildman–Crippen MR) is 91.3 cm³/mol. The summed E-state index contributed by atoms with van der Waals surface area (Å²) >= 11 is 0. The van der Waals surface area contributed by atoms with Crippen LogP contribution in [0, 0.1) is 12.8 Å². The molecule has 1 fully saturated rings. The third-order valence-corrected chi connectivity index (χ3v) is 5.71. The quantitative estimate of drug-likeness (QED) is 0.687. The SMILES string of the molecule is COCCNS(=O)(=O)c1ccc(C)c(C(=O)N2CCC(CN)C2)c1. The molecule has 8 heteroatoms. The minimum atomic E-state index is -3.66. The minimum absolute atomic E-state index is 0.0853. The lowest BCUT2D eigenvalue weighted by molar-refractivity contribution is 0.0786. The lowest BCUT2D eigenvalue weighted by atomic mass is 10.1. The molecule has 0 aliphatic carbocycles. The molecule has 1 heterocycles. The molecule has 7 nitrogen and oxygen atoms in total. The number of carbonyl (C=O) groups excluding carboxylic acids is 1. The molecule has 0 radical (unpaired) electrons. The normalized spacial score (nSPS) is 18.1. The van der Waals surface area contributed by atoms with Gasteiger partial charge in [0.05, 0.1) is 11.5 Å². The molecule has 0 spiro atoms. The van der Waals surface area contributed by atoms with Gasteiger partial charge in [-0.3, -0.25) is 4.79 Å². The molecule has 24 heavy (non-hydrogen) atoms. The van der Waals surface area contributed by atoms with E-state index in [4.69, 9.17) is 10.5 Å². The molecular formula is C16H25N3O4S. The second kappa shape index (κ2) is 8.06. The fourth-order valence-electron chi connectivity index (χ4n) is 2.74. The van der Waals surface area contributed by atoms with Gasteiger partial charge in [0.25, 0.3) is 5.91 Å². The van der Waals surface area contributed by atoms with Crippen molar-refractivity contribution in [3.05, 3.63) is 29.3 Å². The van der Waals surface area contributed by atoms with Gasteiger partial charge in [0.1, 0.15) is 0 Å². The zero-order valence-electron chi connectivity index (χ0n) is 14.1. The monoisotopic (exact) mass is 355 g/mol. The number of aryl methyl sites for hydroxylation is 1. The molecule has 1 aromatic carbocycles. The number of sulfonamides is 1. The third-order valence-electron chi connectivity index (χ3n) is 4.25. The molecule has 134 valence electrons. The van der Waals surface area contributed by atoms with Gasteiger partial charge in [-0.25, -0.2) is 13.1 Å². The van der Waals surface area contributed by atoms with Crippen LogP contribution in [0.2, 0.25) is 0 Å². The smallest absolute Gasteiger partial charge is 0.254 e. The van der Waals surface area contributed by atoms with Crippen LogP contribution >= 0.6 is 0 Å². The van der Waals surface area contributed by atoms with Crippen molar-refractivity contribution in [1.82, 2.24) is 9.62 Å². The molecule has 1 aliphatic rings. The molecule has 1 saturated heterocycles. The number of benzene rings is 1. The van der Waals surface area contributed by atoms with Crippen molar-refractivity contribution in [1.29, 1.82) is 0 Å². The Morgan fingerprint density at radius 3 is 2.83 bits per heavy atom. The molecule has 1 aliphatic heterocycles. The summed E-state index contributed by atoms with van der Waals surface area (Å²) in [6.07, 6.45) is 0.887. The van der Waals surface area contributed by atoms with E-state index < -0.39 is 10.0 Å². The summed E-state index contributed by atoms with van der Waals surface area (Å²) in [5.41, 5.74) is 6.84. The molecule has 1 unspecified atom stereocenters. The molecule has 3 N–H and O–H groups in total. The Balaban J connectivity index is 2.21. The Morgan fingerprint density at radius 1 is 1.46 bits per heavy atom. The largest absolute Gasteiger partial charge is 0.383 e. The highest BCUT2D eigenvalue weighted by molar-refractivity contribution is 7.89. The second-order valence-corrected chi connectivity index (χ2v) is 7.78. The van der Waals surface area contributed by atoms with Crippen LogP contribution in [0.5, 0.6) is 0 Å². The number of hydrogen-bond acceptors (Lipinski definition) is 5. The number of nitrogens with two attached hydrogens (primary N) is 1. The van der Waals surface area contributed by atoms with Gasteiger partial charge in [-0.1, -0.05) is 6.07 Å². The summed E-state index contributed by atoms with van der Waals surface area (Å²) in [5, 5.41) is 0. The molecular weight excluding hydrogens is 330 g/mol. The van der Waals surface area contributed by atoms with Crippen molar-refractivity contribution in [2.24, 2.45) is 11.7 Å². The number of hydrogen-bond donors (Lipinski definition) is 2. The van der Waals surface area contributed by atoms with Gasteiger partial charge in [-0.05, 0) is 43.5 Å². The summed E-state index contributed by atoms with van der Waals surface area (Å²) < 4.78 is 31.9. The minimum Gasteiger partial charge on any atom is -0.383 e. The average molecular weight is 355 g/mol. The van der Waals surface area contributed by atoms with Crippen LogP contribution in [-0.4, -0.2) is 59.1 Å². The van der Waals surface area contributed by atoms with E-state index in [2.05, 4.69) is 4.72 Å². The van der Waals surface area contributed by atoms with Crippen LogP contribution in [0.25, 0.3) is 0 Å². The number of nitrogens with zero attached hydrogens (tertiary/aromatic N) is 1. The van der Waals surface area contributed by atoms with Crippen molar-refractivity contribution < 1.29 is 17.9 Å². The fourth-order valence-corrected chi connectivity index (χ4v) is 3.78. The van der Waals surface area contributed by atoms with E-state index in [1.54, 1.807) is 17.9 Å². The first-order valence-electron chi connectivity index (χ1n) is 7.97. The van der Waals surface area contributed by atoms with Gasteiger partial charge in [0, 0.05) is 32.3 Å². The lowest BCUT2D eigenvalue weighted by Crippen LogP contribution is -2.31. The zero-order valence-corrected chi connectivity index (χ0v) is 14.9. The zero-order chi connectivity index (χ0) is 17.7. The fraction of sp³-hybridized carbons (Fsp3) is 0.562. The molecule has 1 amide bonds. The van der Waals surface area contributed by atoms with Crippen LogP contribution in [0.4, 0.5) is 0 Å². The van der Waals surface area contributed by atoms with Gasteiger partial charge < -0.3 is 15.4 Å². The van der Waals surface area contributed by atoms with Gasteiger partial charge in [0.2, 0.25) is 10.0 Å². The summed E-state index contributed by atoms with van der Waals surface area (Å²) in [5.74, 6) is 0.175. The first-order chi connectivity index (χ1) is 11.4. The van der Waals surface area contributed by atoms with Gasteiger partial charge in [-0.2, -0.15) is 0 Å². The Morgan fingerprint density at radius 2 is 2.21 bits per heavy atom. The van der Waals surface area contributed by atoms with Crippen molar-refractivity contribution in [3.63, 3.8) is 0 Å². The van der Waals surface area contributed by atoms with E-state index in [1.807, 2.05) is 0 Å². The maximum atomic E-state index is 12.7. The number of nitrogens with one attached hydrogen (secondary N) is 1. The van der Waals surface area contributed by atoms with Crippen LogP contribution in [0.15, 0.2) is 23.1 Å². The number of ether oxygens (including phenoxy) is 1. The van der Waals surface area contributed by atoms with Gasteiger partial charge >= 0.3 is 0 Å². The molecule has 1 atom stereocenters. The van der Waals surface area contributed by atoms with Crippen molar-refractivity contribution >= 4 is 15.9 Å². The van der Waals surface area contributed by atoms with Crippen LogP contribution in [0.1, 0.15) is 22.3 Å². The summed E-state index contributed by atoms with van der Waals surface area (Å²) in [6.45, 7) is 4.10. The van der Waals surface area contributed by atoms with Crippen LogP contribution < -0.4 is 10.5 Å². The molecule has 1 aromatic rings. The van der Waals surface area contributed by atoms with E-state index in [-0.39, 0.29) is 24.0 Å². The maximum absolute atomic E-state index is 12.7. The predicted octanol–water partition coefficient (Wildman–Crippen LogP) is 0.341. The molecule has 2 rings (SSSR count). The molecule has 0 saturated carbocycles. The Hall–Kier alpha value is -1.48. The van der Waals surface area contributed by atoms with E-state index in [0.29, 0.717) is 31.1 Å². The Labute approximate surface area is 143 Å². The maximum Gasteiger partial charge on any atom is 0.254 e. The highest BCUT2D eigenvalue weighted by Gasteiger charge is 2.27. The number of methoxy groups -OCH3 is 1. The molecule has 0 bridgehead atoms. The summed E-state index contributed by atoms with van der Waals surface area (Å²) in [7, 11) is -2.16. The van der Waals surface area contributed by atoms with E-state index in [1.165, 1.54) is 19.2 Å². The lowest BCUT2D eigenvalue weighted by Gasteiger charge is -2.18. The van der Waals surface area contributed by atoms with Crippen LogP contribution in [-0.2, 0) is 14.8 Å². The third kappa shape index (κ3) is 4.32. The van der Waals surface area contributed by atoms with Crippen molar-refractivity contribution in [2.75, 3.05) is 39.9 Å². The number of carbonyl (C=O) groups is 1. The summed E-state index contributed by atoms with van der Waals surface area (Å²) in [4.78, 5) is 14.5. The number of rotatable bonds is 7. The number of amides is 1. The molecule has 0 aromatic heterocycles. The second-order valence-electron chi connectivity index (χ2n) is 6.01. The van der Waals surface area contributed by atoms with Crippen LogP contribution in [0.3, 0.4) is 0 Å². The highest BCUT2D eigenvalue weighted by atomic mass is 32.2. The standard InChI is InChI=1S/C16H25N3O4S/c1-12-3-4-14(24(21,22)18-6-8-23-2)9-15(12)16(20)19-7-5-13(10-17)11-19/h3-4,9,13,18H,5-8,10-11,17H2,1-2H3. The average Bonchev–Trinajstić information content (AvgIpc) is 3.03. The Bertz CT molecular complexity index is 691. The Kier molecular flexibility index (Phi) is 6.34. The number of likely N-dealkylation sites (tertiary alicyclic amines) is 1. The van der Waals surface area contributed by atoms with E-state index >= 15 is 0 Å². The van der Waals surface area contributed by atoms with Crippen molar-refractivity contribution in [3.8, 4) is 0 Å². The topological polar surface area (TPSA) is 102 Å².